The van der Waals surface area contributed by atoms with E-state index in [9.17, 15) is 10.2 Å². The summed E-state index contributed by atoms with van der Waals surface area (Å²) in [5, 5.41) is 21.0. The monoisotopic (exact) mass is 300 g/mol. The molecular weight excluding hydrogens is 276 g/mol. The Morgan fingerprint density at radius 3 is 2.82 bits per heavy atom. The number of hydrogen-bond donors (Lipinski definition) is 2. The maximum absolute atomic E-state index is 11.0. The molecule has 3 aliphatic rings. The van der Waals surface area contributed by atoms with Gasteiger partial charge in [0, 0.05) is 5.92 Å². The molecular formula is C19H24O3. The quantitative estimate of drug-likeness (QED) is 0.782. The lowest BCUT2D eigenvalue weighted by Crippen LogP contribution is -2.41. The van der Waals surface area contributed by atoms with E-state index in [1.54, 1.807) is 7.11 Å². The van der Waals surface area contributed by atoms with Crippen molar-refractivity contribution in [1.82, 2.24) is 0 Å². The lowest BCUT2D eigenvalue weighted by atomic mass is 9.56. The van der Waals surface area contributed by atoms with Gasteiger partial charge < -0.3 is 14.9 Å². The zero-order chi connectivity index (χ0) is 15.5. The van der Waals surface area contributed by atoms with Crippen molar-refractivity contribution in [2.24, 2.45) is 11.3 Å². The van der Waals surface area contributed by atoms with Crippen LogP contribution in [0.3, 0.4) is 0 Å². The molecule has 0 aliphatic heterocycles. The molecule has 0 saturated heterocycles. The third-order valence-corrected chi connectivity index (χ3v) is 6.33. The molecule has 118 valence electrons. The third-order valence-electron chi connectivity index (χ3n) is 6.33. The van der Waals surface area contributed by atoms with Crippen molar-refractivity contribution >= 4 is 0 Å². The summed E-state index contributed by atoms with van der Waals surface area (Å²) in [5.74, 6) is 1.43. The highest BCUT2D eigenvalue weighted by atomic mass is 16.5. The number of methoxy groups -OCH3 is 1. The smallest absolute Gasteiger partial charge is 0.119 e. The number of aliphatic hydroxyl groups is 2. The van der Waals surface area contributed by atoms with Crippen molar-refractivity contribution in [3.63, 3.8) is 0 Å². The van der Waals surface area contributed by atoms with Crippen molar-refractivity contribution in [3.05, 3.63) is 41.0 Å². The first-order valence-electron chi connectivity index (χ1n) is 8.28. The van der Waals surface area contributed by atoms with Crippen LogP contribution in [-0.2, 0) is 0 Å². The number of fused-ring (bicyclic) bond motifs is 5. The predicted molar refractivity (Wildman–Crippen MR) is 84.8 cm³/mol. The molecule has 3 aliphatic carbocycles. The second-order valence-electron chi connectivity index (χ2n) is 7.35. The number of ether oxygens (including phenoxy) is 1. The predicted octanol–water partition coefficient (Wildman–Crippen LogP) is 3.32. The van der Waals surface area contributed by atoms with Gasteiger partial charge in [-0.1, -0.05) is 24.6 Å². The molecule has 0 aromatic heterocycles. The summed E-state index contributed by atoms with van der Waals surface area (Å²) in [4.78, 5) is 0. The van der Waals surface area contributed by atoms with Crippen LogP contribution in [0.4, 0.5) is 0 Å². The van der Waals surface area contributed by atoms with Crippen LogP contribution < -0.4 is 4.74 Å². The van der Waals surface area contributed by atoms with Gasteiger partial charge in [0.1, 0.15) is 5.75 Å². The van der Waals surface area contributed by atoms with Crippen molar-refractivity contribution in [2.45, 2.75) is 50.7 Å². The molecule has 22 heavy (non-hydrogen) atoms. The van der Waals surface area contributed by atoms with E-state index in [2.05, 4.69) is 19.1 Å². The Balaban J connectivity index is 1.78. The Kier molecular flexibility index (Phi) is 3.14. The first-order valence-corrected chi connectivity index (χ1v) is 8.28. The molecule has 0 heterocycles. The van der Waals surface area contributed by atoms with Crippen molar-refractivity contribution in [2.75, 3.05) is 7.11 Å². The van der Waals surface area contributed by atoms with Gasteiger partial charge in [-0.15, -0.1) is 0 Å². The average molecular weight is 300 g/mol. The average Bonchev–Trinajstić information content (AvgIpc) is 2.81. The number of aliphatic hydroxyl groups excluding tert-OH is 2. The molecule has 0 radical (unpaired) electrons. The van der Waals surface area contributed by atoms with Gasteiger partial charge in [-0.05, 0) is 60.3 Å². The maximum atomic E-state index is 11.0. The van der Waals surface area contributed by atoms with Crippen LogP contribution in [0.1, 0.15) is 55.8 Å². The Hall–Kier alpha value is -1.32. The van der Waals surface area contributed by atoms with E-state index in [0.29, 0.717) is 5.92 Å². The van der Waals surface area contributed by atoms with Crippen molar-refractivity contribution in [3.8, 4) is 5.75 Å². The lowest BCUT2D eigenvalue weighted by Gasteiger charge is -2.49. The molecule has 0 spiro atoms. The van der Waals surface area contributed by atoms with E-state index in [1.165, 1.54) is 11.1 Å². The topological polar surface area (TPSA) is 49.7 Å². The fraction of sp³-hybridized carbons (Fsp3) is 0.579. The van der Waals surface area contributed by atoms with Crippen LogP contribution in [0.15, 0.2) is 29.8 Å². The molecule has 1 saturated carbocycles. The van der Waals surface area contributed by atoms with Crippen LogP contribution in [-0.4, -0.2) is 23.4 Å². The van der Waals surface area contributed by atoms with E-state index in [4.69, 9.17) is 4.74 Å². The zero-order valence-electron chi connectivity index (χ0n) is 13.2. The van der Waals surface area contributed by atoms with Crippen molar-refractivity contribution in [1.29, 1.82) is 0 Å². The highest BCUT2D eigenvalue weighted by Gasteiger charge is 2.54. The van der Waals surface area contributed by atoms with Crippen LogP contribution in [0, 0.1) is 11.3 Å². The number of benzene rings is 1. The highest BCUT2D eigenvalue weighted by Crippen LogP contribution is 2.63. The van der Waals surface area contributed by atoms with Crippen LogP contribution in [0.5, 0.6) is 5.75 Å². The highest BCUT2D eigenvalue weighted by molar-refractivity contribution is 5.47. The Bertz CT molecular complexity index is 636. The van der Waals surface area contributed by atoms with Gasteiger partial charge in [0.2, 0.25) is 0 Å². The summed E-state index contributed by atoms with van der Waals surface area (Å²) in [6, 6.07) is 6.13. The number of hydrogen-bond acceptors (Lipinski definition) is 3. The van der Waals surface area contributed by atoms with Gasteiger partial charge in [0.15, 0.2) is 0 Å². The Morgan fingerprint density at radius 2 is 2.05 bits per heavy atom. The third kappa shape index (κ3) is 1.82. The van der Waals surface area contributed by atoms with E-state index < -0.39 is 6.10 Å². The standard InChI is InChI=1S/C19H24O3/c1-19-8-7-12(20)9-11(19)3-5-15-14-6-4-13(22-2)10-16(14)18(21)17(15)19/h3-4,6,10,12,15,17-18,20-21H,5,7-9H2,1-2H3/t12-,15+,17+,18-,19-/m0/s1. The van der Waals surface area contributed by atoms with Gasteiger partial charge in [-0.2, -0.15) is 0 Å². The second-order valence-corrected chi connectivity index (χ2v) is 7.35. The largest absolute Gasteiger partial charge is 0.497 e. The second kappa shape index (κ2) is 4.84. The van der Waals surface area contributed by atoms with Crippen LogP contribution in [0.25, 0.3) is 0 Å². The molecule has 5 atom stereocenters. The van der Waals surface area contributed by atoms with Crippen LogP contribution >= 0.6 is 0 Å². The molecule has 1 aromatic rings. The van der Waals surface area contributed by atoms with Crippen LogP contribution in [0.2, 0.25) is 0 Å². The zero-order valence-corrected chi connectivity index (χ0v) is 13.2. The van der Waals surface area contributed by atoms with E-state index >= 15 is 0 Å². The summed E-state index contributed by atoms with van der Waals surface area (Å²) < 4.78 is 5.33. The molecule has 0 unspecified atom stereocenters. The fourth-order valence-corrected chi connectivity index (χ4v) is 5.13. The van der Waals surface area contributed by atoms with E-state index in [1.807, 2.05) is 12.1 Å². The number of allylic oxidation sites excluding steroid dienone is 1. The summed E-state index contributed by atoms with van der Waals surface area (Å²) in [6.07, 6.45) is 5.23. The minimum atomic E-state index is -0.431. The molecule has 2 N–H and O–H groups in total. The maximum Gasteiger partial charge on any atom is 0.119 e. The number of rotatable bonds is 1. The Morgan fingerprint density at radius 1 is 1.23 bits per heavy atom. The first kappa shape index (κ1) is 14.3. The van der Waals surface area contributed by atoms with E-state index in [0.717, 1.165) is 37.0 Å². The van der Waals surface area contributed by atoms with Gasteiger partial charge in [-0.25, -0.2) is 0 Å². The molecule has 0 bridgehead atoms. The summed E-state index contributed by atoms with van der Waals surface area (Å²) in [5.41, 5.74) is 3.68. The SMILES string of the molecule is COc1ccc2c(c1)[C@H](O)[C@H]1[C@@H]2CC=C2C[C@@H](O)CC[C@@]21C. The Labute approximate surface area is 131 Å². The molecule has 1 fully saturated rings. The fourth-order valence-electron chi connectivity index (χ4n) is 5.13. The molecule has 3 heteroatoms. The summed E-state index contributed by atoms with van der Waals surface area (Å²) in [7, 11) is 1.67. The molecule has 1 aromatic carbocycles. The van der Waals surface area contributed by atoms with Gasteiger partial charge in [0.25, 0.3) is 0 Å². The molecule has 3 nitrogen and oxygen atoms in total. The minimum absolute atomic E-state index is 0.00776. The van der Waals surface area contributed by atoms with Gasteiger partial charge in [0.05, 0.1) is 19.3 Å². The normalized spacial score (nSPS) is 39.5. The first-order chi connectivity index (χ1) is 10.5. The summed E-state index contributed by atoms with van der Waals surface area (Å²) in [6.45, 7) is 2.29. The van der Waals surface area contributed by atoms with Crippen molar-refractivity contribution < 1.29 is 14.9 Å². The molecule has 4 rings (SSSR count). The minimum Gasteiger partial charge on any atom is -0.497 e. The summed E-state index contributed by atoms with van der Waals surface area (Å²) >= 11 is 0. The molecule has 0 amide bonds. The van der Waals surface area contributed by atoms with Gasteiger partial charge >= 0.3 is 0 Å². The van der Waals surface area contributed by atoms with E-state index in [-0.39, 0.29) is 17.4 Å². The lowest BCUT2D eigenvalue weighted by molar-refractivity contribution is 0.00144. The van der Waals surface area contributed by atoms with Gasteiger partial charge in [-0.3, -0.25) is 0 Å².